The van der Waals surface area contributed by atoms with Gasteiger partial charge in [0, 0.05) is 12.6 Å². The van der Waals surface area contributed by atoms with E-state index in [1.165, 1.54) is 51.4 Å². The van der Waals surface area contributed by atoms with Crippen LogP contribution in [0, 0.1) is 0 Å². The Kier molecular flexibility index (Phi) is 4.85. The third-order valence-corrected chi connectivity index (χ3v) is 5.70. The molecule has 0 aromatic rings. The van der Waals surface area contributed by atoms with Gasteiger partial charge in [-0.05, 0) is 45.1 Å². The number of carboxylic acids is 1. The van der Waals surface area contributed by atoms with Crippen molar-refractivity contribution in [3.8, 4) is 0 Å². The van der Waals surface area contributed by atoms with E-state index in [9.17, 15) is 4.79 Å². The van der Waals surface area contributed by atoms with Crippen molar-refractivity contribution in [2.45, 2.75) is 88.4 Å². The van der Waals surface area contributed by atoms with Gasteiger partial charge in [-0.25, -0.2) is 0 Å². The van der Waals surface area contributed by atoms with E-state index in [0.29, 0.717) is 6.10 Å². The largest absolute Gasteiger partial charge is 0.481 e. The van der Waals surface area contributed by atoms with Gasteiger partial charge in [-0.1, -0.05) is 25.7 Å². The zero-order valence-electron chi connectivity index (χ0n) is 13.1. The normalized spacial score (nSPS) is 33.3. The number of nitrogens with zero attached hydrogens (tertiary/aromatic N) is 1. The average Bonchev–Trinajstić information content (AvgIpc) is 2.84. The zero-order valence-corrected chi connectivity index (χ0v) is 13.1. The minimum atomic E-state index is -0.664. The molecule has 3 fully saturated rings. The molecule has 2 atom stereocenters. The van der Waals surface area contributed by atoms with Crippen molar-refractivity contribution in [1.82, 2.24) is 4.90 Å². The van der Waals surface area contributed by atoms with Crippen LogP contribution in [0.1, 0.15) is 70.6 Å². The first-order valence-electron chi connectivity index (χ1n) is 8.81. The summed E-state index contributed by atoms with van der Waals surface area (Å²) in [4.78, 5) is 13.4. The third kappa shape index (κ3) is 3.78. The molecule has 3 rings (SSSR count). The van der Waals surface area contributed by atoms with Crippen LogP contribution in [-0.2, 0) is 9.53 Å². The number of rotatable bonds is 4. The molecule has 2 aliphatic heterocycles. The van der Waals surface area contributed by atoms with Gasteiger partial charge in [0.25, 0.3) is 0 Å². The van der Waals surface area contributed by atoms with E-state index in [4.69, 9.17) is 9.84 Å². The zero-order chi connectivity index (χ0) is 14.7. The topological polar surface area (TPSA) is 49.8 Å². The molecule has 0 amide bonds. The Morgan fingerprint density at radius 3 is 2.67 bits per heavy atom. The van der Waals surface area contributed by atoms with Crippen LogP contribution in [0.4, 0.5) is 0 Å². The van der Waals surface area contributed by atoms with Crippen LogP contribution in [0.3, 0.4) is 0 Å². The van der Waals surface area contributed by atoms with Crippen LogP contribution in [0.2, 0.25) is 0 Å². The fourth-order valence-corrected chi connectivity index (χ4v) is 4.58. The fraction of sp³-hybridized carbons (Fsp3) is 0.941. The van der Waals surface area contributed by atoms with E-state index in [1.807, 2.05) is 0 Å². The SMILES string of the molecule is O=C(O)CC1CCCCN1CC1CCC2(CCCCC2)O1. The number of carbonyl (C=O) groups is 1. The van der Waals surface area contributed by atoms with Gasteiger partial charge >= 0.3 is 5.97 Å². The highest BCUT2D eigenvalue weighted by molar-refractivity contribution is 5.67. The first-order valence-corrected chi connectivity index (χ1v) is 8.81. The molecule has 0 radical (unpaired) electrons. The second-order valence-electron chi connectivity index (χ2n) is 7.26. The van der Waals surface area contributed by atoms with Crippen molar-refractivity contribution in [2.24, 2.45) is 0 Å². The third-order valence-electron chi connectivity index (χ3n) is 5.70. The summed E-state index contributed by atoms with van der Waals surface area (Å²) in [5.41, 5.74) is 0.182. The Balaban J connectivity index is 1.54. The number of aliphatic carboxylic acids is 1. The number of carboxylic acid groups (broad SMARTS) is 1. The average molecular weight is 295 g/mol. The van der Waals surface area contributed by atoms with Gasteiger partial charge < -0.3 is 9.84 Å². The van der Waals surface area contributed by atoms with Gasteiger partial charge in [-0.2, -0.15) is 0 Å². The van der Waals surface area contributed by atoms with Crippen LogP contribution in [0.5, 0.6) is 0 Å². The molecule has 0 bridgehead atoms. The molecule has 2 saturated heterocycles. The first-order chi connectivity index (χ1) is 10.2. The second-order valence-corrected chi connectivity index (χ2v) is 7.26. The van der Waals surface area contributed by atoms with Crippen molar-refractivity contribution in [2.75, 3.05) is 13.1 Å². The monoisotopic (exact) mass is 295 g/mol. The van der Waals surface area contributed by atoms with Gasteiger partial charge in [0.05, 0.1) is 18.1 Å². The molecular weight excluding hydrogens is 266 g/mol. The molecule has 4 nitrogen and oxygen atoms in total. The minimum absolute atomic E-state index is 0.182. The van der Waals surface area contributed by atoms with Gasteiger partial charge in [-0.15, -0.1) is 0 Å². The lowest BCUT2D eigenvalue weighted by Gasteiger charge is -2.38. The highest BCUT2D eigenvalue weighted by Gasteiger charge is 2.41. The van der Waals surface area contributed by atoms with Crippen LogP contribution in [0.15, 0.2) is 0 Å². The lowest BCUT2D eigenvalue weighted by Crippen LogP contribution is -2.45. The molecule has 120 valence electrons. The van der Waals surface area contributed by atoms with Gasteiger partial charge in [0.15, 0.2) is 0 Å². The Bertz CT molecular complexity index is 365. The highest BCUT2D eigenvalue weighted by Crippen LogP contribution is 2.42. The van der Waals surface area contributed by atoms with E-state index >= 15 is 0 Å². The Hall–Kier alpha value is -0.610. The van der Waals surface area contributed by atoms with Crippen molar-refractivity contribution in [3.05, 3.63) is 0 Å². The summed E-state index contributed by atoms with van der Waals surface area (Å²) >= 11 is 0. The van der Waals surface area contributed by atoms with Crippen molar-refractivity contribution >= 4 is 5.97 Å². The van der Waals surface area contributed by atoms with Gasteiger partial charge in [-0.3, -0.25) is 9.69 Å². The highest BCUT2D eigenvalue weighted by atomic mass is 16.5. The van der Waals surface area contributed by atoms with Crippen molar-refractivity contribution in [1.29, 1.82) is 0 Å². The minimum Gasteiger partial charge on any atom is -0.481 e. The van der Waals surface area contributed by atoms with E-state index < -0.39 is 5.97 Å². The predicted molar refractivity (Wildman–Crippen MR) is 81.4 cm³/mol. The number of ether oxygens (including phenoxy) is 1. The van der Waals surface area contributed by atoms with Gasteiger partial charge in [0.2, 0.25) is 0 Å². The molecule has 1 saturated carbocycles. The predicted octanol–water partition coefficient (Wildman–Crippen LogP) is 3.20. The van der Waals surface area contributed by atoms with Crippen LogP contribution in [0.25, 0.3) is 0 Å². The molecule has 1 N–H and O–H groups in total. The molecule has 3 aliphatic rings. The molecule has 1 aliphatic carbocycles. The maximum atomic E-state index is 11.0. The van der Waals surface area contributed by atoms with Crippen LogP contribution < -0.4 is 0 Å². The molecule has 1 spiro atoms. The maximum absolute atomic E-state index is 11.0. The smallest absolute Gasteiger partial charge is 0.304 e. The van der Waals surface area contributed by atoms with Crippen molar-refractivity contribution in [3.63, 3.8) is 0 Å². The van der Waals surface area contributed by atoms with Crippen LogP contribution in [-0.4, -0.2) is 46.8 Å². The molecule has 21 heavy (non-hydrogen) atoms. The fourth-order valence-electron chi connectivity index (χ4n) is 4.58. The number of piperidine rings is 1. The molecule has 2 unspecified atom stereocenters. The Labute approximate surface area is 127 Å². The number of hydrogen-bond acceptors (Lipinski definition) is 3. The standard InChI is InChI=1S/C17H29NO3/c19-16(20)12-14-6-2-5-11-18(14)13-15-7-10-17(21-15)8-3-1-4-9-17/h14-15H,1-13H2,(H,19,20). The first kappa shape index (κ1) is 15.3. The molecular formula is C17H29NO3. The van der Waals surface area contributed by atoms with E-state index in [1.54, 1.807) is 0 Å². The summed E-state index contributed by atoms with van der Waals surface area (Å²) in [6.07, 6.45) is 12.9. The number of hydrogen-bond donors (Lipinski definition) is 1. The summed E-state index contributed by atoms with van der Waals surface area (Å²) < 4.78 is 6.46. The summed E-state index contributed by atoms with van der Waals surface area (Å²) in [5, 5.41) is 9.09. The van der Waals surface area contributed by atoms with E-state index in [-0.39, 0.29) is 18.1 Å². The molecule has 0 aromatic carbocycles. The second kappa shape index (κ2) is 6.66. The van der Waals surface area contributed by atoms with Crippen LogP contribution >= 0.6 is 0 Å². The maximum Gasteiger partial charge on any atom is 0.304 e. The molecule has 2 heterocycles. The number of likely N-dealkylation sites (tertiary alicyclic amines) is 1. The Morgan fingerprint density at radius 1 is 1.10 bits per heavy atom. The molecule has 4 heteroatoms. The van der Waals surface area contributed by atoms with Crippen molar-refractivity contribution < 1.29 is 14.6 Å². The summed E-state index contributed by atoms with van der Waals surface area (Å²) in [7, 11) is 0. The molecule has 0 aromatic heterocycles. The summed E-state index contributed by atoms with van der Waals surface area (Å²) in [5.74, 6) is -0.664. The lowest BCUT2D eigenvalue weighted by molar-refractivity contribution is -0.139. The van der Waals surface area contributed by atoms with E-state index in [2.05, 4.69) is 4.90 Å². The summed E-state index contributed by atoms with van der Waals surface area (Å²) in [6, 6.07) is 0.225. The lowest BCUT2D eigenvalue weighted by atomic mass is 9.83. The quantitative estimate of drug-likeness (QED) is 0.865. The Morgan fingerprint density at radius 2 is 1.90 bits per heavy atom. The van der Waals surface area contributed by atoms with E-state index in [0.717, 1.165) is 25.9 Å². The summed E-state index contributed by atoms with van der Waals surface area (Å²) in [6.45, 7) is 1.99. The van der Waals surface area contributed by atoms with Gasteiger partial charge in [0.1, 0.15) is 0 Å².